The van der Waals surface area contributed by atoms with E-state index >= 15 is 0 Å². The summed E-state index contributed by atoms with van der Waals surface area (Å²) in [6.45, 7) is 5.56. The van der Waals surface area contributed by atoms with Crippen molar-refractivity contribution in [3.63, 3.8) is 0 Å². The van der Waals surface area contributed by atoms with Gasteiger partial charge in [-0.2, -0.15) is 0 Å². The number of imide groups is 1. The molecule has 2 aromatic rings. The maximum atomic E-state index is 13.3. The molecule has 3 saturated heterocycles. The van der Waals surface area contributed by atoms with E-state index < -0.39 is 5.97 Å². The van der Waals surface area contributed by atoms with E-state index in [1.807, 2.05) is 19.2 Å². The Morgan fingerprint density at radius 1 is 0.754 bits per heavy atom. The van der Waals surface area contributed by atoms with Gasteiger partial charge in [-0.3, -0.25) is 29.3 Å². The molecule has 0 aromatic carbocycles. The number of piperidine rings is 3. The van der Waals surface area contributed by atoms with Gasteiger partial charge in [-0.1, -0.05) is 53.4 Å². The van der Waals surface area contributed by atoms with Crippen LogP contribution in [0.2, 0.25) is 0 Å². The fourth-order valence-corrected chi connectivity index (χ4v) is 8.65. The van der Waals surface area contributed by atoms with Gasteiger partial charge in [-0.25, -0.2) is 4.79 Å². The molecule has 0 bridgehead atoms. The molecule has 368 valence electrons. The van der Waals surface area contributed by atoms with Gasteiger partial charge in [0.15, 0.2) is 0 Å². The zero-order valence-electron chi connectivity index (χ0n) is 38.9. The van der Waals surface area contributed by atoms with Crippen molar-refractivity contribution >= 4 is 58.4 Å². The molecule has 0 unspecified atom stereocenters. The lowest BCUT2D eigenvalue weighted by atomic mass is 9.91. The lowest BCUT2D eigenvalue weighted by Gasteiger charge is -2.38. The first-order chi connectivity index (χ1) is 30.8. The van der Waals surface area contributed by atoms with E-state index in [1.54, 1.807) is 41.8 Å². The highest BCUT2D eigenvalue weighted by molar-refractivity contribution is 6.40. The fourth-order valence-electron chi connectivity index (χ4n) is 8.65. The van der Waals surface area contributed by atoms with E-state index in [0.29, 0.717) is 5.69 Å². The van der Waals surface area contributed by atoms with Gasteiger partial charge in [0.25, 0.3) is 0 Å². The summed E-state index contributed by atoms with van der Waals surface area (Å²) in [6, 6.07) is 7.53. The largest absolute Gasteiger partial charge is 0.481 e. The van der Waals surface area contributed by atoms with E-state index in [4.69, 9.17) is 35.4 Å². The Bertz CT molecular complexity index is 1640. The summed E-state index contributed by atoms with van der Waals surface area (Å²) in [5.41, 5.74) is 6.78. The summed E-state index contributed by atoms with van der Waals surface area (Å²) in [7, 11) is 6.10. The second kappa shape index (κ2) is 36.2. The Hall–Kier alpha value is -4.00. The number of urea groups is 1. The number of carboxylic acids is 1. The molecule has 5 aliphatic rings. The molecule has 5 fully saturated rings. The van der Waals surface area contributed by atoms with Crippen molar-refractivity contribution in [3.8, 4) is 12.8 Å². The van der Waals surface area contributed by atoms with E-state index in [2.05, 4.69) is 55.8 Å². The van der Waals surface area contributed by atoms with Crippen LogP contribution in [0.25, 0.3) is 0 Å². The molecule has 3 atom stereocenters. The van der Waals surface area contributed by atoms with E-state index in [-0.39, 0.29) is 67.9 Å². The lowest BCUT2D eigenvalue weighted by Crippen LogP contribution is -2.56. The van der Waals surface area contributed by atoms with E-state index in [0.717, 1.165) is 122 Å². The third-order valence-electron chi connectivity index (χ3n) is 11.9. The standard InChI is InChI=1S/C20H35N3O2.C12H17N3O.C7H13NO2.C5H6N2.C2H2.CH2Cl2.2CH4/c1-22-14-8-9-16(15-22)19(24)23(18-12-6-3-7-13-18)20(25)21-17-10-4-2-5-11-17;1-15-7-3-4-10(9-15)12(16)14-11-5-2-6-13-8-11;1-8-4-2-3-6(5-8)7(9)10;6-5-2-1-3-7-4-5;1-2;2-1-3;;/h16-18H,2-15H2,1H3,(H,21,25);2,5-6,8,10H,3-4,7,9H2,1H3,(H,14,16);6H,2-5H2,1H3,(H,9,10);1-4H,6H2;1-2H;1H2;2*1H4/t16-;10-;6-;;;;;/m000...../s1/i;;;;1D;;;. The highest BCUT2D eigenvalue weighted by Gasteiger charge is 2.37. The number of pyridine rings is 2. The topological polar surface area (TPSA) is 177 Å². The van der Waals surface area contributed by atoms with Gasteiger partial charge in [0.1, 0.15) is 1.37 Å². The minimum absolute atomic E-state index is 0. The third kappa shape index (κ3) is 24.9. The number of nitrogens with one attached hydrogen (secondary N) is 2. The Morgan fingerprint density at radius 3 is 1.65 bits per heavy atom. The zero-order chi connectivity index (χ0) is 47.1. The van der Waals surface area contributed by atoms with Crippen molar-refractivity contribution in [2.24, 2.45) is 17.8 Å². The van der Waals surface area contributed by atoms with Crippen LogP contribution in [0, 0.1) is 30.6 Å². The van der Waals surface area contributed by atoms with Gasteiger partial charge in [-0.05, 0) is 129 Å². The average molecular weight is 950 g/mol. The number of nitrogen functional groups attached to an aromatic ring is 1. The van der Waals surface area contributed by atoms with Crippen molar-refractivity contribution < 1.29 is 25.7 Å². The Kier molecular flexibility index (Phi) is 32.8. The second-order valence-electron chi connectivity index (χ2n) is 17.0. The second-order valence-corrected chi connectivity index (χ2v) is 17.9. The first kappa shape index (κ1) is 59.0. The highest BCUT2D eigenvalue weighted by Crippen LogP contribution is 2.27. The third-order valence-corrected chi connectivity index (χ3v) is 11.9. The Balaban J connectivity index is 0.000000884. The number of carboxylic acid groups (broad SMARTS) is 1. The number of hydrogen-bond donors (Lipinski definition) is 4. The van der Waals surface area contributed by atoms with Crippen LogP contribution in [0.1, 0.15) is 119 Å². The van der Waals surface area contributed by atoms with Gasteiger partial charge < -0.3 is 36.2 Å². The van der Waals surface area contributed by atoms with Crippen molar-refractivity contribution in [3.05, 3.63) is 49.1 Å². The summed E-state index contributed by atoms with van der Waals surface area (Å²) in [5, 5.41) is 14.9. The maximum Gasteiger partial charge on any atom is 0.324 e. The molecule has 14 nitrogen and oxygen atoms in total. The van der Waals surface area contributed by atoms with Crippen molar-refractivity contribution in [1.29, 1.82) is 0 Å². The molecular formula is C49H83Cl2N9O5. The van der Waals surface area contributed by atoms with Crippen LogP contribution in [0.5, 0.6) is 0 Å². The summed E-state index contributed by atoms with van der Waals surface area (Å²) < 4.78 is 5.74. The molecule has 16 heteroatoms. The minimum Gasteiger partial charge on any atom is -0.481 e. The van der Waals surface area contributed by atoms with Gasteiger partial charge in [-0.15, -0.1) is 36.0 Å². The van der Waals surface area contributed by atoms with Crippen LogP contribution in [0.3, 0.4) is 0 Å². The summed E-state index contributed by atoms with van der Waals surface area (Å²) in [6.07, 6.45) is 29.6. The van der Waals surface area contributed by atoms with Crippen LogP contribution in [-0.4, -0.2) is 136 Å². The monoisotopic (exact) mass is 949 g/mol. The zero-order valence-corrected chi connectivity index (χ0v) is 39.5. The number of aromatic nitrogens is 2. The number of nitrogens with two attached hydrogens (primary N) is 1. The normalized spacial score (nSPS) is 21.4. The predicted octanol–water partition coefficient (Wildman–Crippen LogP) is 8.91. The van der Waals surface area contributed by atoms with Crippen LogP contribution < -0.4 is 16.4 Å². The summed E-state index contributed by atoms with van der Waals surface area (Å²) in [4.78, 5) is 64.6. The molecule has 7 rings (SSSR count). The van der Waals surface area contributed by atoms with Gasteiger partial charge in [0, 0.05) is 50.3 Å². The Labute approximate surface area is 403 Å². The summed E-state index contributed by atoms with van der Waals surface area (Å²) >= 11 is 9.53. The molecule has 0 radical (unpaired) electrons. The number of carbonyl (C=O) groups excluding carboxylic acids is 3. The SMILES string of the molecule is C.C.CN1CCC[C@H](C(=O)N(C(=O)NC2CCCCC2)C2CCCCC2)C1.CN1CCC[C@H](C(=O)Nc2cccnc2)C1.CN1CCC[C@H](C(=O)O)C1.ClCCl.Nc1cccnc1.[2H]C#C. The van der Waals surface area contributed by atoms with E-state index in [1.165, 1.54) is 32.1 Å². The quantitative estimate of drug-likeness (QED) is 0.161. The number of likely N-dealkylation sites (tertiary alicyclic amines) is 3. The molecule has 0 spiro atoms. The number of carbonyl (C=O) groups is 4. The van der Waals surface area contributed by atoms with E-state index in [9.17, 15) is 19.2 Å². The van der Waals surface area contributed by atoms with Gasteiger partial charge in [0.2, 0.25) is 11.8 Å². The molecule has 5 N–H and O–H groups in total. The van der Waals surface area contributed by atoms with Crippen molar-refractivity contribution in [2.45, 2.75) is 130 Å². The van der Waals surface area contributed by atoms with Crippen LogP contribution in [0.4, 0.5) is 16.2 Å². The first-order valence-electron chi connectivity index (χ1n) is 23.1. The van der Waals surface area contributed by atoms with Crippen molar-refractivity contribution in [1.82, 2.24) is 34.9 Å². The summed E-state index contributed by atoms with van der Waals surface area (Å²) in [5.74, 6) is -0.492. The number of halogens is 2. The minimum atomic E-state index is -0.647. The molecule has 5 heterocycles. The number of amides is 4. The van der Waals surface area contributed by atoms with Gasteiger partial charge in [0.05, 0.1) is 40.7 Å². The first-order valence-corrected chi connectivity index (χ1v) is 23.7. The molecule has 2 saturated carbocycles. The molecule has 2 aliphatic carbocycles. The van der Waals surface area contributed by atoms with Crippen molar-refractivity contribution in [2.75, 3.05) is 76.8 Å². The average Bonchev–Trinajstić information content (AvgIpc) is 3.29. The van der Waals surface area contributed by atoms with Crippen LogP contribution in [-0.2, 0) is 14.4 Å². The molecule has 65 heavy (non-hydrogen) atoms. The maximum absolute atomic E-state index is 13.3. The molecule has 3 aliphatic heterocycles. The Morgan fingerprint density at radius 2 is 1.22 bits per heavy atom. The van der Waals surface area contributed by atoms with Gasteiger partial charge >= 0.3 is 12.0 Å². The number of aliphatic carboxylic acids is 1. The lowest BCUT2D eigenvalue weighted by molar-refractivity contribution is -0.143. The van der Waals surface area contributed by atoms with Crippen LogP contribution in [0.15, 0.2) is 49.1 Å². The highest BCUT2D eigenvalue weighted by atomic mass is 35.5. The molecule has 2 aromatic heterocycles. The number of anilines is 2. The number of alkyl halides is 2. The molecule has 4 amide bonds. The predicted molar refractivity (Wildman–Crippen MR) is 269 cm³/mol. The van der Waals surface area contributed by atoms with Crippen LogP contribution >= 0.6 is 23.2 Å². The fraction of sp³-hybridized carbons (Fsp3) is 0.673. The number of terminal acetylenes is 1. The number of nitrogens with zero attached hydrogens (tertiary/aromatic N) is 6. The number of hydrogen-bond acceptors (Lipinski definition) is 10. The number of rotatable bonds is 6. The molecular weight excluding hydrogens is 866 g/mol. The smallest absolute Gasteiger partial charge is 0.324 e.